The summed E-state index contributed by atoms with van der Waals surface area (Å²) in [5.41, 5.74) is 0.993. The highest BCUT2D eigenvalue weighted by Gasteiger charge is 2.39. The maximum absolute atomic E-state index is 11.8. The van der Waals surface area contributed by atoms with Crippen LogP contribution in [0.5, 0.6) is 0 Å². The number of anilines is 1. The third-order valence-electron chi connectivity index (χ3n) is 3.16. The van der Waals surface area contributed by atoms with Gasteiger partial charge in [0.15, 0.2) is 5.50 Å². The van der Waals surface area contributed by atoms with E-state index in [1.807, 2.05) is 42.8 Å². The van der Waals surface area contributed by atoms with E-state index in [4.69, 9.17) is 4.74 Å². The number of halogens is 1. The van der Waals surface area contributed by atoms with Crippen LogP contribution in [0.1, 0.15) is 6.92 Å². The molecule has 0 aromatic heterocycles. The summed E-state index contributed by atoms with van der Waals surface area (Å²) in [6, 6.07) is 8.14. The molecule has 2 atom stereocenters. The van der Waals surface area contributed by atoms with Crippen molar-refractivity contribution >= 4 is 39.5 Å². The van der Waals surface area contributed by atoms with Gasteiger partial charge in [0, 0.05) is 16.4 Å². The van der Waals surface area contributed by atoms with Crippen LogP contribution in [0.25, 0.3) is 0 Å². The Kier molecular flexibility index (Phi) is 3.45. The number of cyclic esters (lactones) is 1. The molecule has 2 heterocycles. The van der Waals surface area contributed by atoms with Gasteiger partial charge in [0.2, 0.25) is 0 Å². The van der Waals surface area contributed by atoms with Crippen LogP contribution < -0.4 is 4.90 Å². The predicted molar refractivity (Wildman–Crippen MR) is 79.8 cm³/mol. The summed E-state index contributed by atoms with van der Waals surface area (Å²) in [6.07, 6.45) is 1.76. The van der Waals surface area contributed by atoms with Gasteiger partial charge in [-0.2, -0.15) is 0 Å². The van der Waals surface area contributed by atoms with Gasteiger partial charge in [0.25, 0.3) is 0 Å². The minimum Gasteiger partial charge on any atom is -0.447 e. The van der Waals surface area contributed by atoms with Crippen molar-refractivity contribution in [3.63, 3.8) is 0 Å². The molecule has 1 fully saturated rings. The second-order valence-electron chi connectivity index (χ2n) is 4.46. The minimum atomic E-state index is -0.240. The molecule has 0 saturated carbocycles. The lowest BCUT2D eigenvalue weighted by atomic mass is 10.3. The highest BCUT2D eigenvalue weighted by molar-refractivity contribution is 9.10. The Balaban J connectivity index is 1.86. The van der Waals surface area contributed by atoms with E-state index < -0.39 is 0 Å². The summed E-state index contributed by atoms with van der Waals surface area (Å²) in [7, 11) is 0. The van der Waals surface area contributed by atoms with Crippen molar-refractivity contribution in [1.82, 2.24) is 4.90 Å². The van der Waals surface area contributed by atoms with Crippen molar-refractivity contribution in [3.05, 3.63) is 40.3 Å². The summed E-state index contributed by atoms with van der Waals surface area (Å²) < 4.78 is 6.14. The number of carbonyl (C=O) groups is 1. The molecule has 100 valence electrons. The lowest BCUT2D eigenvalue weighted by molar-refractivity contribution is 0.156. The maximum atomic E-state index is 11.8. The molecule has 2 aliphatic rings. The van der Waals surface area contributed by atoms with Gasteiger partial charge >= 0.3 is 6.09 Å². The molecule has 3 rings (SSSR count). The zero-order valence-corrected chi connectivity index (χ0v) is 12.7. The van der Waals surface area contributed by atoms with Crippen LogP contribution in [0.15, 0.2) is 40.3 Å². The van der Waals surface area contributed by atoms with Crippen LogP contribution in [0, 0.1) is 0 Å². The van der Waals surface area contributed by atoms with E-state index in [0.29, 0.717) is 6.61 Å². The van der Waals surface area contributed by atoms with Crippen LogP contribution in [-0.4, -0.2) is 29.1 Å². The highest BCUT2D eigenvalue weighted by atomic mass is 79.9. The fourth-order valence-electron chi connectivity index (χ4n) is 2.17. The van der Waals surface area contributed by atoms with Crippen molar-refractivity contribution in [2.45, 2.75) is 18.5 Å². The number of ether oxygens (including phenoxy) is 1. The highest BCUT2D eigenvalue weighted by Crippen LogP contribution is 2.36. The number of hydrogen-bond acceptors (Lipinski definition) is 4. The third-order valence-corrected chi connectivity index (χ3v) is 4.66. The zero-order valence-electron chi connectivity index (χ0n) is 10.3. The van der Waals surface area contributed by atoms with E-state index in [2.05, 4.69) is 20.8 Å². The van der Waals surface area contributed by atoms with E-state index in [9.17, 15) is 4.79 Å². The third kappa shape index (κ3) is 2.34. The fourth-order valence-corrected chi connectivity index (χ4v) is 3.53. The fraction of sp³-hybridized carbons (Fsp3) is 0.308. The Morgan fingerprint density at radius 3 is 2.74 bits per heavy atom. The lowest BCUT2D eigenvalue weighted by Gasteiger charge is -2.33. The van der Waals surface area contributed by atoms with E-state index in [0.717, 1.165) is 10.2 Å². The van der Waals surface area contributed by atoms with Crippen LogP contribution in [0.2, 0.25) is 0 Å². The number of hydrogen-bond donors (Lipinski definition) is 0. The van der Waals surface area contributed by atoms with Gasteiger partial charge in [-0.15, -0.1) is 0 Å². The Bertz CT molecular complexity index is 520. The number of nitrogens with zero attached hydrogens (tertiary/aromatic N) is 2. The SMILES string of the molecule is C[C@@H]1COC(=O)N1C1SC=CN1c1ccc(Br)cc1. The molecule has 1 aromatic carbocycles. The number of thioether (sulfide) groups is 1. The molecule has 0 spiro atoms. The maximum Gasteiger partial charge on any atom is 0.412 e. The quantitative estimate of drug-likeness (QED) is 0.823. The number of carbonyl (C=O) groups excluding carboxylic acids is 1. The van der Waals surface area contributed by atoms with Gasteiger partial charge < -0.3 is 9.64 Å². The largest absolute Gasteiger partial charge is 0.447 e. The molecule has 19 heavy (non-hydrogen) atoms. The molecule has 0 N–H and O–H groups in total. The molecular formula is C13H13BrN2O2S. The Labute approximate surface area is 124 Å². The smallest absolute Gasteiger partial charge is 0.412 e. The molecule has 2 aliphatic heterocycles. The summed E-state index contributed by atoms with van der Waals surface area (Å²) >= 11 is 5.04. The average molecular weight is 341 g/mol. The average Bonchev–Trinajstić information content (AvgIpc) is 2.98. The Hall–Kier alpha value is -1.14. The predicted octanol–water partition coefficient (Wildman–Crippen LogP) is 3.60. The summed E-state index contributed by atoms with van der Waals surface area (Å²) in [5, 5.41) is 2.00. The number of amides is 1. The van der Waals surface area contributed by atoms with Crippen molar-refractivity contribution < 1.29 is 9.53 Å². The summed E-state index contributed by atoms with van der Waals surface area (Å²) in [6.45, 7) is 2.47. The van der Waals surface area contributed by atoms with Crippen molar-refractivity contribution in [2.75, 3.05) is 11.5 Å². The second kappa shape index (κ2) is 5.09. The van der Waals surface area contributed by atoms with Crippen LogP contribution in [-0.2, 0) is 4.74 Å². The molecule has 1 aromatic rings. The molecular weight excluding hydrogens is 328 g/mol. The Morgan fingerprint density at radius 1 is 1.37 bits per heavy atom. The molecule has 1 unspecified atom stereocenters. The second-order valence-corrected chi connectivity index (χ2v) is 6.35. The van der Waals surface area contributed by atoms with Crippen molar-refractivity contribution in [3.8, 4) is 0 Å². The van der Waals surface area contributed by atoms with Crippen LogP contribution in [0.4, 0.5) is 10.5 Å². The first kappa shape index (κ1) is 12.9. The van der Waals surface area contributed by atoms with Crippen molar-refractivity contribution in [2.24, 2.45) is 0 Å². The molecule has 0 bridgehead atoms. The van der Waals surface area contributed by atoms with Gasteiger partial charge in [-0.05, 0) is 36.6 Å². The molecule has 0 aliphatic carbocycles. The van der Waals surface area contributed by atoms with Gasteiger partial charge in [0.1, 0.15) is 6.61 Å². The first-order valence-corrected chi connectivity index (χ1v) is 7.71. The molecule has 1 amide bonds. The van der Waals surface area contributed by atoms with E-state index >= 15 is 0 Å². The standard InChI is InChI=1S/C13H13BrN2O2S/c1-9-8-18-13(17)16(9)12-15(6-7-19-12)11-4-2-10(14)3-5-11/h2-7,9,12H,8H2,1H3/t9-,12?/m1/s1. The van der Waals surface area contributed by atoms with Crippen LogP contribution >= 0.6 is 27.7 Å². The van der Waals surface area contributed by atoms with Gasteiger partial charge in [-0.25, -0.2) is 4.79 Å². The molecule has 6 heteroatoms. The topological polar surface area (TPSA) is 32.8 Å². The van der Waals surface area contributed by atoms with Gasteiger partial charge in [-0.1, -0.05) is 27.7 Å². The lowest BCUT2D eigenvalue weighted by Crippen LogP contribution is -2.46. The summed E-state index contributed by atoms with van der Waals surface area (Å²) in [4.78, 5) is 15.7. The van der Waals surface area contributed by atoms with E-state index in [1.165, 1.54) is 0 Å². The first-order chi connectivity index (χ1) is 9.16. The molecule has 0 radical (unpaired) electrons. The van der Waals surface area contributed by atoms with Gasteiger partial charge in [-0.3, -0.25) is 4.90 Å². The molecule has 1 saturated heterocycles. The minimum absolute atomic E-state index is 0.0637. The van der Waals surface area contributed by atoms with Gasteiger partial charge in [0.05, 0.1) is 6.04 Å². The van der Waals surface area contributed by atoms with Crippen molar-refractivity contribution in [1.29, 1.82) is 0 Å². The monoisotopic (exact) mass is 340 g/mol. The number of benzene rings is 1. The van der Waals surface area contributed by atoms with E-state index in [-0.39, 0.29) is 17.6 Å². The normalized spacial score (nSPS) is 26.1. The molecule has 4 nitrogen and oxygen atoms in total. The number of rotatable bonds is 2. The van der Waals surface area contributed by atoms with Crippen LogP contribution in [0.3, 0.4) is 0 Å². The van der Waals surface area contributed by atoms with E-state index in [1.54, 1.807) is 16.7 Å². The Morgan fingerprint density at radius 2 is 2.11 bits per heavy atom. The zero-order chi connectivity index (χ0) is 13.4. The first-order valence-electron chi connectivity index (χ1n) is 5.98. The summed E-state index contributed by atoms with van der Waals surface area (Å²) in [5.74, 6) is 0.